The number of hydrogen-bond acceptors (Lipinski definition) is 4. The van der Waals surface area contributed by atoms with Crippen molar-refractivity contribution < 1.29 is 14.3 Å². The van der Waals surface area contributed by atoms with E-state index in [4.69, 9.17) is 5.11 Å². The molecule has 2 aromatic rings. The molecule has 1 fully saturated rings. The standard InChI is InChI=1S/C16H16FN3O2/c17-13-9-12(16(21)22)10-14(11-13)19-5-7-20(8-6-19)15-3-1-2-4-18-15/h1-4,9-11H,5-8H2,(H,21,22). The van der Waals surface area contributed by atoms with E-state index in [0.717, 1.165) is 25.0 Å². The average molecular weight is 301 g/mol. The van der Waals surface area contributed by atoms with Gasteiger partial charge in [-0.3, -0.25) is 0 Å². The lowest BCUT2D eigenvalue weighted by atomic mass is 10.1. The Morgan fingerprint density at radius 2 is 1.82 bits per heavy atom. The fourth-order valence-corrected chi connectivity index (χ4v) is 2.61. The molecule has 22 heavy (non-hydrogen) atoms. The van der Waals surface area contributed by atoms with Crippen molar-refractivity contribution in [3.63, 3.8) is 0 Å². The second kappa shape index (κ2) is 6.01. The highest BCUT2D eigenvalue weighted by molar-refractivity contribution is 5.88. The van der Waals surface area contributed by atoms with Crippen LogP contribution in [0.2, 0.25) is 0 Å². The molecule has 1 saturated heterocycles. The summed E-state index contributed by atoms with van der Waals surface area (Å²) in [5, 5.41) is 9.02. The fraction of sp³-hybridized carbons (Fsp3) is 0.250. The molecule has 1 aliphatic rings. The van der Waals surface area contributed by atoms with Gasteiger partial charge in [-0.05, 0) is 30.3 Å². The van der Waals surface area contributed by atoms with Gasteiger partial charge >= 0.3 is 5.97 Å². The molecule has 1 aromatic heterocycles. The Hall–Kier alpha value is -2.63. The first-order chi connectivity index (χ1) is 10.6. The highest BCUT2D eigenvalue weighted by Gasteiger charge is 2.19. The number of aromatic nitrogens is 1. The molecule has 0 unspecified atom stereocenters. The zero-order valence-electron chi connectivity index (χ0n) is 11.9. The van der Waals surface area contributed by atoms with Crippen molar-refractivity contribution in [3.8, 4) is 0 Å². The third-order valence-corrected chi connectivity index (χ3v) is 3.75. The summed E-state index contributed by atoms with van der Waals surface area (Å²) in [5.41, 5.74) is 0.584. The zero-order valence-corrected chi connectivity index (χ0v) is 11.9. The number of piperazine rings is 1. The molecule has 2 heterocycles. The van der Waals surface area contributed by atoms with Gasteiger partial charge in [0.15, 0.2) is 0 Å². The Morgan fingerprint density at radius 1 is 1.09 bits per heavy atom. The van der Waals surface area contributed by atoms with Crippen LogP contribution in [0.15, 0.2) is 42.6 Å². The molecule has 1 aliphatic heterocycles. The quantitative estimate of drug-likeness (QED) is 0.942. The predicted octanol–water partition coefficient (Wildman–Crippen LogP) is 2.25. The van der Waals surface area contributed by atoms with Crippen molar-refractivity contribution in [3.05, 3.63) is 54.0 Å². The van der Waals surface area contributed by atoms with E-state index in [1.165, 1.54) is 12.1 Å². The first-order valence-electron chi connectivity index (χ1n) is 7.08. The van der Waals surface area contributed by atoms with Crippen LogP contribution in [0.1, 0.15) is 10.4 Å². The lowest BCUT2D eigenvalue weighted by Crippen LogP contribution is -2.46. The minimum absolute atomic E-state index is 0.0258. The first-order valence-corrected chi connectivity index (χ1v) is 7.08. The number of carboxylic acid groups (broad SMARTS) is 1. The van der Waals surface area contributed by atoms with Crippen molar-refractivity contribution in [2.75, 3.05) is 36.0 Å². The summed E-state index contributed by atoms with van der Waals surface area (Å²) in [6.45, 7) is 2.91. The van der Waals surface area contributed by atoms with Gasteiger partial charge in [0.2, 0.25) is 0 Å². The molecule has 0 amide bonds. The number of aromatic carboxylic acids is 1. The third-order valence-electron chi connectivity index (χ3n) is 3.75. The largest absolute Gasteiger partial charge is 0.478 e. The van der Waals surface area contributed by atoms with Gasteiger partial charge in [-0.2, -0.15) is 0 Å². The second-order valence-electron chi connectivity index (χ2n) is 5.17. The van der Waals surface area contributed by atoms with E-state index in [2.05, 4.69) is 9.88 Å². The van der Waals surface area contributed by atoms with E-state index >= 15 is 0 Å². The van der Waals surface area contributed by atoms with Gasteiger partial charge < -0.3 is 14.9 Å². The zero-order chi connectivity index (χ0) is 15.5. The van der Waals surface area contributed by atoms with Gasteiger partial charge in [0.05, 0.1) is 5.56 Å². The molecule has 6 heteroatoms. The number of rotatable bonds is 3. The van der Waals surface area contributed by atoms with Crippen LogP contribution in [0.3, 0.4) is 0 Å². The molecule has 3 rings (SSSR count). The molecule has 0 saturated carbocycles. The average Bonchev–Trinajstić information content (AvgIpc) is 2.55. The Kier molecular flexibility index (Phi) is 3.91. The van der Waals surface area contributed by atoms with E-state index in [1.54, 1.807) is 6.20 Å². The number of halogens is 1. The third kappa shape index (κ3) is 3.00. The van der Waals surface area contributed by atoms with Crippen LogP contribution in [0.25, 0.3) is 0 Å². The van der Waals surface area contributed by atoms with Crippen molar-refractivity contribution in [1.82, 2.24) is 4.98 Å². The summed E-state index contributed by atoms with van der Waals surface area (Å²) in [5.74, 6) is -0.720. The Bertz CT molecular complexity index is 670. The first kappa shape index (κ1) is 14.3. The highest BCUT2D eigenvalue weighted by atomic mass is 19.1. The molecule has 0 spiro atoms. The van der Waals surface area contributed by atoms with Crippen LogP contribution in [-0.4, -0.2) is 42.2 Å². The number of nitrogens with zero attached hydrogens (tertiary/aromatic N) is 3. The number of carboxylic acids is 1. The van der Waals surface area contributed by atoms with Crippen molar-refractivity contribution in [1.29, 1.82) is 0 Å². The van der Waals surface area contributed by atoms with Gasteiger partial charge in [-0.25, -0.2) is 14.2 Å². The summed E-state index contributed by atoms with van der Waals surface area (Å²) < 4.78 is 13.6. The summed E-state index contributed by atoms with van der Waals surface area (Å²) in [7, 11) is 0. The molecule has 5 nitrogen and oxygen atoms in total. The Balaban J connectivity index is 1.73. The smallest absolute Gasteiger partial charge is 0.335 e. The van der Waals surface area contributed by atoms with Gasteiger partial charge in [0, 0.05) is 38.1 Å². The number of benzene rings is 1. The van der Waals surface area contributed by atoms with E-state index in [-0.39, 0.29) is 5.56 Å². The van der Waals surface area contributed by atoms with Crippen molar-refractivity contribution in [2.45, 2.75) is 0 Å². The van der Waals surface area contributed by atoms with Crippen LogP contribution >= 0.6 is 0 Å². The van der Waals surface area contributed by atoms with Crippen LogP contribution in [0.4, 0.5) is 15.9 Å². The van der Waals surface area contributed by atoms with Gasteiger partial charge in [0.25, 0.3) is 0 Å². The van der Waals surface area contributed by atoms with E-state index in [9.17, 15) is 9.18 Å². The Morgan fingerprint density at radius 3 is 2.45 bits per heavy atom. The van der Waals surface area contributed by atoms with E-state index in [0.29, 0.717) is 18.8 Å². The Labute approximate surface area is 127 Å². The number of pyridine rings is 1. The molecule has 1 aromatic carbocycles. The van der Waals surface area contributed by atoms with Crippen LogP contribution < -0.4 is 9.80 Å². The summed E-state index contributed by atoms with van der Waals surface area (Å²) in [6.07, 6.45) is 1.76. The predicted molar refractivity (Wildman–Crippen MR) is 82.0 cm³/mol. The van der Waals surface area contributed by atoms with Crippen LogP contribution in [0.5, 0.6) is 0 Å². The molecule has 0 radical (unpaired) electrons. The minimum Gasteiger partial charge on any atom is -0.478 e. The van der Waals surface area contributed by atoms with Crippen LogP contribution in [-0.2, 0) is 0 Å². The minimum atomic E-state index is -1.12. The maximum absolute atomic E-state index is 13.6. The molecule has 0 bridgehead atoms. The fourth-order valence-electron chi connectivity index (χ4n) is 2.61. The van der Waals surface area contributed by atoms with Gasteiger partial charge in [0.1, 0.15) is 11.6 Å². The second-order valence-corrected chi connectivity index (χ2v) is 5.17. The van der Waals surface area contributed by atoms with E-state index in [1.807, 2.05) is 23.1 Å². The lowest BCUT2D eigenvalue weighted by Gasteiger charge is -2.36. The molecule has 0 atom stereocenters. The van der Waals surface area contributed by atoms with Crippen LogP contribution in [0, 0.1) is 5.82 Å². The SMILES string of the molecule is O=C(O)c1cc(F)cc(N2CCN(c3ccccn3)CC2)c1. The summed E-state index contributed by atoms with van der Waals surface area (Å²) in [6, 6.07) is 9.71. The lowest BCUT2D eigenvalue weighted by molar-refractivity contribution is 0.0696. The molecular formula is C16H16FN3O2. The maximum atomic E-state index is 13.6. The molecular weight excluding hydrogens is 285 g/mol. The maximum Gasteiger partial charge on any atom is 0.335 e. The highest BCUT2D eigenvalue weighted by Crippen LogP contribution is 2.22. The number of carbonyl (C=O) groups is 1. The van der Waals surface area contributed by atoms with Crippen molar-refractivity contribution in [2.24, 2.45) is 0 Å². The molecule has 0 aliphatic carbocycles. The normalized spacial score (nSPS) is 15.0. The molecule has 1 N–H and O–H groups in total. The van der Waals surface area contributed by atoms with Gasteiger partial charge in [-0.1, -0.05) is 6.07 Å². The number of hydrogen-bond donors (Lipinski definition) is 1. The summed E-state index contributed by atoms with van der Waals surface area (Å²) >= 11 is 0. The monoisotopic (exact) mass is 301 g/mol. The summed E-state index contributed by atoms with van der Waals surface area (Å²) in [4.78, 5) is 19.5. The molecule has 114 valence electrons. The topological polar surface area (TPSA) is 56.7 Å². The van der Waals surface area contributed by atoms with Crippen molar-refractivity contribution >= 4 is 17.5 Å². The number of anilines is 2. The van der Waals surface area contributed by atoms with E-state index < -0.39 is 11.8 Å². The van der Waals surface area contributed by atoms with Gasteiger partial charge in [-0.15, -0.1) is 0 Å².